The van der Waals surface area contributed by atoms with Crippen LogP contribution in [0.3, 0.4) is 0 Å². The van der Waals surface area contributed by atoms with E-state index in [1.807, 2.05) is 24.3 Å². The Morgan fingerprint density at radius 1 is 1.14 bits per heavy atom. The summed E-state index contributed by atoms with van der Waals surface area (Å²) in [7, 11) is 0. The Kier molecular flexibility index (Phi) is 8.21. The number of hydrogen-bond acceptors (Lipinski definition) is 2. The second-order valence-corrected chi connectivity index (χ2v) is 5.91. The lowest BCUT2D eigenvalue weighted by Crippen LogP contribution is -2.26. The van der Waals surface area contributed by atoms with Crippen molar-refractivity contribution in [2.24, 2.45) is 5.92 Å². The minimum atomic E-state index is 0. The van der Waals surface area contributed by atoms with Crippen molar-refractivity contribution in [1.82, 2.24) is 5.32 Å². The molecule has 4 heteroatoms. The topological polar surface area (TPSA) is 55.1 Å². The van der Waals surface area contributed by atoms with Crippen LogP contribution in [0.1, 0.15) is 50.5 Å². The first kappa shape index (κ1) is 17.8. The smallest absolute Gasteiger partial charge is 0.224 e. The number of halogens is 1. The molecule has 1 aromatic rings. The highest BCUT2D eigenvalue weighted by molar-refractivity contribution is 5.85. The van der Waals surface area contributed by atoms with E-state index in [-0.39, 0.29) is 18.3 Å². The molecule has 0 bridgehead atoms. The first-order chi connectivity index (χ1) is 9.74. The molecule has 1 fully saturated rings. The fourth-order valence-corrected chi connectivity index (χ4v) is 2.98. The number of anilines is 1. The maximum atomic E-state index is 11.8. The monoisotopic (exact) mass is 310 g/mol. The van der Waals surface area contributed by atoms with Crippen molar-refractivity contribution in [1.29, 1.82) is 0 Å². The number of hydrogen-bond donors (Lipinski definition) is 2. The molecule has 0 saturated heterocycles. The van der Waals surface area contributed by atoms with E-state index in [0.717, 1.165) is 30.1 Å². The number of benzene rings is 1. The van der Waals surface area contributed by atoms with Gasteiger partial charge in [0, 0.05) is 12.2 Å². The Labute approximate surface area is 134 Å². The van der Waals surface area contributed by atoms with Crippen LogP contribution in [0, 0.1) is 5.92 Å². The molecular weight excluding hydrogens is 284 g/mol. The minimum Gasteiger partial charge on any atom is -0.399 e. The molecule has 0 radical (unpaired) electrons. The van der Waals surface area contributed by atoms with Gasteiger partial charge in [0.1, 0.15) is 0 Å². The number of nitrogens with one attached hydrogen (secondary N) is 1. The Bertz CT molecular complexity index is 413. The predicted molar refractivity (Wildman–Crippen MR) is 90.6 cm³/mol. The van der Waals surface area contributed by atoms with Gasteiger partial charge in [0.2, 0.25) is 5.91 Å². The third kappa shape index (κ3) is 6.85. The molecule has 0 aliphatic heterocycles. The summed E-state index contributed by atoms with van der Waals surface area (Å²) in [5.41, 5.74) is 7.38. The Morgan fingerprint density at radius 3 is 2.48 bits per heavy atom. The Morgan fingerprint density at radius 2 is 1.81 bits per heavy atom. The number of carbonyl (C=O) groups is 1. The lowest BCUT2D eigenvalue weighted by atomic mass is 9.86. The van der Waals surface area contributed by atoms with Gasteiger partial charge in [-0.05, 0) is 36.5 Å². The van der Waals surface area contributed by atoms with Crippen LogP contribution in [0.15, 0.2) is 24.3 Å². The lowest BCUT2D eigenvalue weighted by Gasteiger charge is -2.21. The van der Waals surface area contributed by atoms with E-state index in [0.29, 0.717) is 6.42 Å². The van der Waals surface area contributed by atoms with Gasteiger partial charge in [-0.25, -0.2) is 0 Å². The van der Waals surface area contributed by atoms with Crippen LogP contribution in [-0.4, -0.2) is 12.5 Å². The van der Waals surface area contributed by atoms with Crippen molar-refractivity contribution in [3.8, 4) is 0 Å². The number of rotatable bonds is 6. The molecule has 1 aliphatic rings. The van der Waals surface area contributed by atoms with Crippen LogP contribution in [0.5, 0.6) is 0 Å². The van der Waals surface area contributed by atoms with Gasteiger partial charge < -0.3 is 11.1 Å². The maximum Gasteiger partial charge on any atom is 0.224 e. The Hall–Kier alpha value is -1.22. The predicted octanol–water partition coefficient (Wildman–Crippen LogP) is 3.71. The van der Waals surface area contributed by atoms with Gasteiger partial charge in [-0.15, -0.1) is 12.4 Å². The molecule has 1 amide bonds. The quantitative estimate of drug-likeness (QED) is 0.621. The first-order valence-electron chi connectivity index (χ1n) is 7.85. The van der Waals surface area contributed by atoms with Crippen molar-refractivity contribution in [2.45, 2.75) is 51.4 Å². The first-order valence-corrected chi connectivity index (χ1v) is 7.85. The Balaban J connectivity index is 0.00000220. The van der Waals surface area contributed by atoms with Gasteiger partial charge in [0.05, 0.1) is 6.42 Å². The minimum absolute atomic E-state index is 0. The second kappa shape index (κ2) is 9.67. The van der Waals surface area contributed by atoms with Gasteiger partial charge in [-0.1, -0.05) is 44.2 Å². The van der Waals surface area contributed by atoms with Crippen molar-refractivity contribution in [3.63, 3.8) is 0 Å². The van der Waals surface area contributed by atoms with Crippen LogP contribution in [0.25, 0.3) is 0 Å². The molecule has 0 heterocycles. The molecule has 0 unspecified atom stereocenters. The third-order valence-electron chi connectivity index (χ3n) is 4.18. The fourth-order valence-electron chi connectivity index (χ4n) is 2.98. The van der Waals surface area contributed by atoms with E-state index in [4.69, 9.17) is 5.73 Å². The van der Waals surface area contributed by atoms with E-state index in [1.165, 1.54) is 38.5 Å². The van der Waals surface area contributed by atoms with Crippen LogP contribution in [-0.2, 0) is 11.2 Å². The molecule has 0 spiro atoms. The summed E-state index contributed by atoms with van der Waals surface area (Å²) in [5, 5.41) is 3.02. The largest absolute Gasteiger partial charge is 0.399 e. The second-order valence-electron chi connectivity index (χ2n) is 5.91. The average Bonchev–Trinajstić information content (AvgIpc) is 2.47. The summed E-state index contributed by atoms with van der Waals surface area (Å²) in [6, 6.07) is 7.51. The molecular formula is C17H27ClN2O. The zero-order valence-electron chi connectivity index (χ0n) is 12.6. The highest BCUT2D eigenvalue weighted by Crippen LogP contribution is 2.26. The van der Waals surface area contributed by atoms with Gasteiger partial charge >= 0.3 is 0 Å². The van der Waals surface area contributed by atoms with Crippen LogP contribution in [0.2, 0.25) is 0 Å². The van der Waals surface area contributed by atoms with Gasteiger partial charge in [0.25, 0.3) is 0 Å². The van der Waals surface area contributed by atoms with Crippen molar-refractivity contribution >= 4 is 24.0 Å². The van der Waals surface area contributed by atoms with E-state index in [1.54, 1.807) is 0 Å². The molecule has 1 aromatic carbocycles. The molecule has 3 nitrogen and oxygen atoms in total. The molecule has 21 heavy (non-hydrogen) atoms. The summed E-state index contributed by atoms with van der Waals surface area (Å²) in [6.07, 6.45) is 9.81. The SMILES string of the molecule is Cl.Nc1ccc(CC(=O)NCCCC2CCCCC2)cc1. The standard InChI is InChI=1S/C17H26N2O.ClH/c18-16-10-8-15(9-11-16)13-17(20)19-12-4-7-14-5-2-1-3-6-14;/h8-11,14H,1-7,12-13,18H2,(H,19,20);1H. The zero-order chi connectivity index (χ0) is 14.2. The molecule has 0 atom stereocenters. The van der Waals surface area contributed by atoms with Gasteiger partial charge in [-0.2, -0.15) is 0 Å². The molecule has 0 aromatic heterocycles. The summed E-state index contributed by atoms with van der Waals surface area (Å²) in [5.74, 6) is 1.01. The average molecular weight is 311 g/mol. The highest BCUT2D eigenvalue weighted by Gasteiger charge is 2.12. The zero-order valence-corrected chi connectivity index (χ0v) is 13.5. The molecule has 1 aliphatic carbocycles. The summed E-state index contributed by atoms with van der Waals surface area (Å²) < 4.78 is 0. The normalized spacial score (nSPS) is 15.2. The van der Waals surface area contributed by atoms with Crippen LogP contribution in [0.4, 0.5) is 5.69 Å². The summed E-state index contributed by atoms with van der Waals surface area (Å²) in [4.78, 5) is 11.8. The van der Waals surface area contributed by atoms with E-state index < -0.39 is 0 Å². The van der Waals surface area contributed by atoms with Crippen molar-refractivity contribution < 1.29 is 4.79 Å². The lowest BCUT2D eigenvalue weighted by molar-refractivity contribution is -0.120. The van der Waals surface area contributed by atoms with Gasteiger partial charge in [-0.3, -0.25) is 4.79 Å². The summed E-state index contributed by atoms with van der Waals surface area (Å²) >= 11 is 0. The van der Waals surface area contributed by atoms with E-state index in [2.05, 4.69) is 5.32 Å². The highest BCUT2D eigenvalue weighted by atomic mass is 35.5. The summed E-state index contributed by atoms with van der Waals surface area (Å²) in [6.45, 7) is 0.810. The fraction of sp³-hybridized carbons (Fsp3) is 0.588. The molecule has 1 saturated carbocycles. The van der Waals surface area contributed by atoms with E-state index in [9.17, 15) is 4.79 Å². The van der Waals surface area contributed by atoms with Crippen LogP contribution < -0.4 is 11.1 Å². The number of amides is 1. The van der Waals surface area contributed by atoms with Crippen molar-refractivity contribution in [2.75, 3.05) is 12.3 Å². The molecule has 3 N–H and O–H groups in total. The number of nitrogens with two attached hydrogens (primary N) is 1. The van der Waals surface area contributed by atoms with E-state index >= 15 is 0 Å². The maximum absolute atomic E-state index is 11.8. The molecule has 118 valence electrons. The van der Waals surface area contributed by atoms with Gasteiger partial charge in [0.15, 0.2) is 0 Å². The third-order valence-corrected chi connectivity index (χ3v) is 4.18. The number of nitrogen functional groups attached to an aromatic ring is 1. The van der Waals surface area contributed by atoms with Crippen LogP contribution >= 0.6 is 12.4 Å². The molecule has 2 rings (SSSR count). The number of carbonyl (C=O) groups excluding carboxylic acids is 1. The van der Waals surface area contributed by atoms with Crippen molar-refractivity contribution in [3.05, 3.63) is 29.8 Å².